The number of hydrogen-bond donors (Lipinski definition) is 1. The summed E-state index contributed by atoms with van der Waals surface area (Å²) in [6.07, 6.45) is 1.54. The number of benzene rings is 3. The van der Waals surface area contributed by atoms with Crippen LogP contribution in [0.15, 0.2) is 78.9 Å². The van der Waals surface area contributed by atoms with E-state index in [-0.39, 0.29) is 0 Å². The second-order valence-electron chi connectivity index (χ2n) is 5.62. The molecule has 2 heteroatoms. The molecule has 3 aromatic carbocycles. The molecule has 0 bridgehead atoms. The summed E-state index contributed by atoms with van der Waals surface area (Å²) in [7, 11) is 0. The quantitative estimate of drug-likeness (QED) is 0.750. The second-order valence-corrected chi connectivity index (χ2v) is 5.62. The fraction of sp³-hybridized carbons (Fsp3) is 0.0952. The molecule has 0 heterocycles. The Morgan fingerprint density at radius 1 is 0.652 bits per heavy atom. The zero-order valence-electron chi connectivity index (χ0n) is 12.8. The van der Waals surface area contributed by atoms with Crippen molar-refractivity contribution in [1.82, 2.24) is 0 Å². The highest BCUT2D eigenvalue weighted by atomic mass is 16.4. The van der Waals surface area contributed by atoms with Gasteiger partial charge in [0.25, 0.3) is 0 Å². The van der Waals surface area contributed by atoms with Gasteiger partial charge >= 0.3 is 5.97 Å². The number of hydrogen-bond acceptors (Lipinski definition) is 1. The van der Waals surface area contributed by atoms with Crippen molar-refractivity contribution >= 4 is 5.97 Å². The first kappa shape index (κ1) is 15.0. The zero-order chi connectivity index (χ0) is 16.1. The number of carboxylic acid groups (broad SMARTS) is 1. The summed E-state index contributed by atoms with van der Waals surface area (Å²) >= 11 is 0. The second kappa shape index (κ2) is 6.93. The van der Waals surface area contributed by atoms with Gasteiger partial charge in [-0.15, -0.1) is 0 Å². The summed E-state index contributed by atoms with van der Waals surface area (Å²) in [6.45, 7) is 0. The molecule has 23 heavy (non-hydrogen) atoms. The summed E-state index contributed by atoms with van der Waals surface area (Å²) in [5.41, 5.74) is 4.88. The molecule has 0 aromatic heterocycles. The number of rotatable bonds is 5. The molecule has 0 saturated heterocycles. The Kier molecular flexibility index (Phi) is 4.53. The van der Waals surface area contributed by atoms with E-state index >= 15 is 0 Å². The van der Waals surface area contributed by atoms with Crippen molar-refractivity contribution in [2.75, 3.05) is 0 Å². The topological polar surface area (TPSA) is 37.3 Å². The maximum atomic E-state index is 11.3. The standard InChI is InChI=1S/C21H18O2/c22-21(23)20-9-5-4-8-19(20)15-18-12-10-17(11-13-18)14-16-6-2-1-3-7-16/h1-13H,14-15H2,(H,22,23). The maximum Gasteiger partial charge on any atom is 0.335 e. The monoisotopic (exact) mass is 302 g/mol. The van der Waals surface area contributed by atoms with Gasteiger partial charge in [-0.25, -0.2) is 4.79 Å². The van der Waals surface area contributed by atoms with E-state index in [0.29, 0.717) is 12.0 Å². The molecule has 0 atom stereocenters. The van der Waals surface area contributed by atoms with E-state index in [9.17, 15) is 9.90 Å². The first-order valence-corrected chi connectivity index (χ1v) is 7.65. The molecule has 0 spiro atoms. The average Bonchev–Trinajstić information content (AvgIpc) is 2.58. The van der Waals surface area contributed by atoms with Crippen LogP contribution in [0.5, 0.6) is 0 Å². The van der Waals surface area contributed by atoms with Gasteiger partial charge in [-0.1, -0.05) is 72.8 Å². The Hall–Kier alpha value is -2.87. The summed E-state index contributed by atoms with van der Waals surface area (Å²) in [5.74, 6) is -0.874. The predicted molar refractivity (Wildman–Crippen MR) is 91.9 cm³/mol. The van der Waals surface area contributed by atoms with Crippen molar-refractivity contribution in [2.24, 2.45) is 0 Å². The Balaban J connectivity index is 1.74. The summed E-state index contributed by atoms with van der Waals surface area (Å²) in [6, 6.07) is 25.9. The summed E-state index contributed by atoms with van der Waals surface area (Å²) < 4.78 is 0. The van der Waals surface area contributed by atoms with Crippen LogP contribution in [-0.2, 0) is 12.8 Å². The van der Waals surface area contributed by atoms with Crippen molar-refractivity contribution in [1.29, 1.82) is 0 Å². The van der Waals surface area contributed by atoms with Crippen LogP contribution in [0.1, 0.15) is 32.6 Å². The molecule has 0 aliphatic rings. The Morgan fingerprint density at radius 3 is 1.83 bits per heavy atom. The van der Waals surface area contributed by atoms with E-state index in [1.54, 1.807) is 12.1 Å². The molecule has 3 aromatic rings. The van der Waals surface area contributed by atoms with Gasteiger partial charge in [0.1, 0.15) is 0 Å². The first-order chi connectivity index (χ1) is 11.2. The van der Waals surface area contributed by atoms with Crippen molar-refractivity contribution in [3.8, 4) is 0 Å². The zero-order valence-corrected chi connectivity index (χ0v) is 12.8. The SMILES string of the molecule is O=C(O)c1ccccc1Cc1ccc(Cc2ccccc2)cc1. The fourth-order valence-corrected chi connectivity index (χ4v) is 2.71. The summed E-state index contributed by atoms with van der Waals surface area (Å²) in [5, 5.41) is 9.25. The van der Waals surface area contributed by atoms with Gasteiger partial charge in [0.15, 0.2) is 0 Å². The van der Waals surface area contributed by atoms with Crippen LogP contribution in [0.25, 0.3) is 0 Å². The molecule has 0 aliphatic carbocycles. The fourth-order valence-electron chi connectivity index (χ4n) is 2.71. The van der Waals surface area contributed by atoms with Crippen molar-refractivity contribution < 1.29 is 9.90 Å². The largest absolute Gasteiger partial charge is 0.478 e. The van der Waals surface area contributed by atoms with Gasteiger partial charge in [0, 0.05) is 0 Å². The molecule has 2 nitrogen and oxygen atoms in total. The van der Waals surface area contributed by atoms with Crippen molar-refractivity contribution in [3.05, 3.63) is 107 Å². The van der Waals surface area contributed by atoms with Gasteiger partial charge in [0.05, 0.1) is 5.56 Å². The van der Waals surface area contributed by atoms with Gasteiger partial charge in [-0.2, -0.15) is 0 Å². The maximum absolute atomic E-state index is 11.3. The van der Waals surface area contributed by atoms with E-state index in [0.717, 1.165) is 17.5 Å². The van der Waals surface area contributed by atoms with Gasteiger partial charge in [-0.05, 0) is 41.2 Å². The predicted octanol–water partition coefficient (Wildman–Crippen LogP) is 4.57. The Labute approximate surface area is 136 Å². The first-order valence-electron chi connectivity index (χ1n) is 7.65. The van der Waals surface area contributed by atoms with E-state index in [1.807, 2.05) is 30.3 Å². The van der Waals surface area contributed by atoms with Crippen LogP contribution in [0, 0.1) is 0 Å². The minimum atomic E-state index is -0.874. The van der Waals surface area contributed by atoms with Gasteiger partial charge < -0.3 is 5.11 Å². The molecule has 114 valence electrons. The van der Waals surface area contributed by atoms with E-state index < -0.39 is 5.97 Å². The highest BCUT2D eigenvalue weighted by molar-refractivity contribution is 5.89. The molecule has 0 radical (unpaired) electrons. The minimum absolute atomic E-state index is 0.376. The van der Waals surface area contributed by atoms with E-state index in [4.69, 9.17) is 0 Å². The lowest BCUT2D eigenvalue weighted by Crippen LogP contribution is -2.02. The molecule has 0 amide bonds. The minimum Gasteiger partial charge on any atom is -0.478 e. The van der Waals surface area contributed by atoms with Crippen LogP contribution < -0.4 is 0 Å². The lowest BCUT2D eigenvalue weighted by Gasteiger charge is -2.07. The third-order valence-corrected chi connectivity index (χ3v) is 3.92. The summed E-state index contributed by atoms with van der Waals surface area (Å²) in [4.78, 5) is 11.3. The number of aromatic carboxylic acids is 1. The third-order valence-electron chi connectivity index (χ3n) is 3.92. The Morgan fingerprint density at radius 2 is 1.17 bits per heavy atom. The molecule has 0 unspecified atom stereocenters. The molecule has 1 N–H and O–H groups in total. The van der Waals surface area contributed by atoms with Crippen LogP contribution in [-0.4, -0.2) is 11.1 Å². The van der Waals surface area contributed by atoms with Crippen LogP contribution in [0.3, 0.4) is 0 Å². The van der Waals surface area contributed by atoms with Crippen LogP contribution >= 0.6 is 0 Å². The third kappa shape index (κ3) is 3.86. The molecular weight excluding hydrogens is 284 g/mol. The normalized spacial score (nSPS) is 10.4. The lowest BCUT2D eigenvalue weighted by atomic mass is 9.98. The molecule has 0 saturated carbocycles. The van der Waals surface area contributed by atoms with E-state index in [2.05, 4.69) is 36.4 Å². The highest BCUT2D eigenvalue weighted by Gasteiger charge is 2.09. The highest BCUT2D eigenvalue weighted by Crippen LogP contribution is 2.16. The van der Waals surface area contributed by atoms with Crippen molar-refractivity contribution in [3.63, 3.8) is 0 Å². The number of carboxylic acids is 1. The number of carbonyl (C=O) groups is 1. The molecular formula is C21H18O2. The van der Waals surface area contributed by atoms with Crippen LogP contribution in [0.2, 0.25) is 0 Å². The van der Waals surface area contributed by atoms with Gasteiger partial charge in [0.2, 0.25) is 0 Å². The molecule has 0 aliphatic heterocycles. The van der Waals surface area contributed by atoms with Crippen molar-refractivity contribution in [2.45, 2.75) is 12.8 Å². The average molecular weight is 302 g/mol. The smallest absolute Gasteiger partial charge is 0.335 e. The molecule has 3 rings (SSSR count). The van der Waals surface area contributed by atoms with Crippen LogP contribution in [0.4, 0.5) is 0 Å². The van der Waals surface area contributed by atoms with Gasteiger partial charge in [-0.3, -0.25) is 0 Å². The van der Waals surface area contributed by atoms with E-state index in [1.165, 1.54) is 11.1 Å². The Bertz CT molecular complexity index is 790. The molecule has 0 fully saturated rings. The lowest BCUT2D eigenvalue weighted by molar-refractivity contribution is 0.0696.